The number of anilines is 2. The maximum absolute atomic E-state index is 13.1. The zero-order chi connectivity index (χ0) is 26.8. The molecule has 4 rings (SSSR count). The molecule has 0 atom stereocenters. The van der Waals surface area contributed by atoms with Crippen molar-refractivity contribution in [3.05, 3.63) is 76.8 Å². The summed E-state index contributed by atoms with van der Waals surface area (Å²) in [5, 5.41) is 0.425. The Balaban J connectivity index is 1.54. The molecule has 0 saturated carbocycles. The first-order chi connectivity index (χ1) is 17.5. The molecule has 0 aliphatic carbocycles. The van der Waals surface area contributed by atoms with E-state index in [9.17, 15) is 21.6 Å². The fourth-order valence-electron chi connectivity index (χ4n) is 3.95. The molecule has 0 bridgehead atoms. The minimum Gasteiger partial charge on any atom is -0.496 e. The Morgan fingerprint density at radius 1 is 0.892 bits per heavy atom. The molecule has 3 aromatic carbocycles. The molecule has 1 fully saturated rings. The van der Waals surface area contributed by atoms with E-state index in [1.807, 2.05) is 0 Å². The number of nitrogens with one attached hydrogen (secondary N) is 2. The van der Waals surface area contributed by atoms with Gasteiger partial charge in [-0.05, 0) is 79.9 Å². The number of rotatable bonds is 8. The van der Waals surface area contributed by atoms with Crippen LogP contribution in [-0.4, -0.2) is 47.8 Å². The first-order valence-electron chi connectivity index (χ1n) is 11.4. The van der Waals surface area contributed by atoms with E-state index in [0.29, 0.717) is 29.4 Å². The van der Waals surface area contributed by atoms with Gasteiger partial charge in [-0.15, -0.1) is 0 Å². The normalized spacial score (nSPS) is 13.9. The quantitative estimate of drug-likeness (QED) is 0.416. The van der Waals surface area contributed by atoms with Crippen LogP contribution in [-0.2, 0) is 20.0 Å². The summed E-state index contributed by atoms with van der Waals surface area (Å²) in [6.07, 6.45) is 1.79. The average Bonchev–Trinajstić information content (AvgIpc) is 3.41. The standard InChI is InChI=1S/C25H26ClN3O6S2/c1-17-22(26)6-5-7-23(17)28-36(31,32)19-10-8-18(9-11-19)27-37(33,34)20-12-13-24(35-2)21(16-20)25(30)29-14-3-4-15-29/h5-13,16,27-28H,3-4,14-15H2,1-2H3. The van der Waals surface area contributed by atoms with Gasteiger partial charge in [0, 0.05) is 23.8 Å². The van der Waals surface area contributed by atoms with E-state index in [-0.39, 0.29) is 32.7 Å². The lowest BCUT2D eigenvalue weighted by atomic mass is 10.1. The number of benzene rings is 3. The summed E-state index contributed by atoms with van der Waals surface area (Å²) in [6.45, 7) is 2.91. The minimum absolute atomic E-state index is 0.0576. The van der Waals surface area contributed by atoms with Crippen molar-refractivity contribution in [1.82, 2.24) is 4.90 Å². The monoisotopic (exact) mass is 563 g/mol. The third-order valence-electron chi connectivity index (χ3n) is 6.03. The Labute approximate surface area is 221 Å². The summed E-state index contributed by atoms with van der Waals surface area (Å²) in [5.41, 5.74) is 1.24. The second-order valence-electron chi connectivity index (χ2n) is 8.51. The number of methoxy groups -OCH3 is 1. The maximum Gasteiger partial charge on any atom is 0.261 e. The molecule has 12 heteroatoms. The molecule has 1 aliphatic heterocycles. The van der Waals surface area contributed by atoms with Crippen molar-refractivity contribution in [3.8, 4) is 5.75 Å². The van der Waals surface area contributed by atoms with Crippen LogP contribution in [0.25, 0.3) is 0 Å². The van der Waals surface area contributed by atoms with Gasteiger partial charge in [0.05, 0.1) is 28.2 Å². The van der Waals surface area contributed by atoms with Crippen LogP contribution in [0.2, 0.25) is 5.02 Å². The van der Waals surface area contributed by atoms with Crippen molar-refractivity contribution in [2.45, 2.75) is 29.6 Å². The van der Waals surface area contributed by atoms with E-state index in [0.717, 1.165) is 12.8 Å². The molecule has 0 aromatic heterocycles. The van der Waals surface area contributed by atoms with Crippen LogP contribution in [0, 0.1) is 6.92 Å². The lowest BCUT2D eigenvalue weighted by molar-refractivity contribution is 0.0789. The van der Waals surface area contributed by atoms with Gasteiger partial charge in [0.2, 0.25) is 0 Å². The summed E-state index contributed by atoms with van der Waals surface area (Å²) in [7, 11) is -6.60. The second kappa shape index (κ2) is 10.6. The van der Waals surface area contributed by atoms with Crippen LogP contribution in [0.4, 0.5) is 11.4 Å². The van der Waals surface area contributed by atoms with Gasteiger partial charge in [-0.25, -0.2) is 16.8 Å². The van der Waals surface area contributed by atoms with Gasteiger partial charge in [-0.3, -0.25) is 14.2 Å². The molecular weight excluding hydrogens is 538 g/mol. The van der Waals surface area contributed by atoms with Crippen molar-refractivity contribution in [3.63, 3.8) is 0 Å². The number of carbonyl (C=O) groups is 1. The Morgan fingerprint density at radius 2 is 1.51 bits per heavy atom. The summed E-state index contributed by atoms with van der Waals surface area (Å²) in [5.74, 6) is -0.00347. The lowest BCUT2D eigenvalue weighted by Gasteiger charge is -2.18. The first kappa shape index (κ1) is 26.8. The van der Waals surface area contributed by atoms with Gasteiger partial charge < -0.3 is 9.64 Å². The van der Waals surface area contributed by atoms with Gasteiger partial charge in [-0.2, -0.15) is 0 Å². The van der Waals surface area contributed by atoms with E-state index in [1.165, 1.54) is 49.6 Å². The minimum atomic E-state index is -4.08. The fourth-order valence-corrected chi connectivity index (χ4v) is 6.33. The zero-order valence-electron chi connectivity index (χ0n) is 20.2. The van der Waals surface area contributed by atoms with Crippen molar-refractivity contribution in [1.29, 1.82) is 0 Å². The van der Waals surface area contributed by atoms with Crippen LogP contribution >= 0.6 is 11.6 Å². The smallest absolute Gasteiger partial charge is 0.261 e. The number of nitrogens with zero attached hydrogens (tertiary/aromatic N) is 1. The third kappa shape index (κ3) is 5.84. The number of hydrogen-bond acceptors (Lipinski definition) is 6. The van der Waals surface area contributed by atoms with E-state index in [2.05, 4.69) is 9.44 Å². The van der Waals surface area contributed by atoms with E-state index in [1.54, 1.807) is 30.0 Å². The fraction of sp³-hybridized carbons (Fsp3) is 0.240. The molecule has 1 saturated heterocycles. The molecular formula is C25H26ClN3O6S2. The van der Waals surface area contributed by atoms with E-state index < -0.39 is 20.0 Å². The number of hydrogen-bond donors (Lipinski definition) is 2. The molecule has 9 nitrogen and oxygen atoms in total. The van der Waals surface area contributed by atoms with Crippen LogP contribution in [0.5, 0.6) is 5.75 Å². The number of carbonyl (C=O) groups excluding carboxylic acids is 1. The van der Waals surface area contributed by atoms with Gasteiger partial charge in [-0.1, -0.05) is 17.7 Å². The summed E-state index contributed by atoms with van der Waals surface area (Å²) < 4.78 is 62.0. The van der Waals surface area contributed by atoms with Gasteiger partial charge >= 0.3 is 0 Å². The highest BCUT2D eigenvalue weighted by molar-refractivity contribution is 7.93. The van der Waals surface area contributed by atoms with Crippen LogP contribution in [0.1, 0.15) is 28.8 Å². The van der Waals surface area contributed by atoms with Gasteiger partial charge in [0.15, 0.2) is 0 Å². The number of amides is 1. The predicted octanol–water partition coefficient (Wildman–Crippen LogP) is 4.49. The average molecular weight is 564 g/mol. The molecule has 0 unspecified atom stereocenters. The Kier molecular flexibility index (Phi) is 7.67. The summed E-state index contributed by atoms with van der Waals surface area (Å²) in [6, 6.07) is 14.2. The van der Waals surface area contributed by atoms with Crippen molar-refractivity contribution >= 4 is 48.9 Å². The number of likely N-dealkylation sites (tertiary alicyclic amines) is 1. The topological polar surface area (TPSA) is 122 Å². The molecule has 1 aliphatic rings. The molecule has 0 radical (unpaired) electrons. The SMILES string of the molecule is COc1ccc(S(=O)(=O)Nc2ccc(S(=O)(=O)Nc3cccc(Cl)c3C)cc2)cc1C(=O)N1CCCC1. The van der Waals surface area contributed by atoms with Crippen molar-refractivity contribution in [2.75, 3.05) is 29.6 Å². The predicted molar refractivity (Wildman–Crippen MR) is 142 cm³/mol. The zero-order valence-corrected chi connectivity index (χ0v) is 22.6. The molecule has 0 spiro atoms. The largest absolute Gasteiger partial charge is 0.496 e. The highest BCUT2D eigenvalue weighted by atomic mass is 35.5. The first-order valence-corrected chi connectivity index (χ1v) is 14.7. The summed E-state index contributed by atoms with van der Waals surface area (Å²) in [4.78, 5) is 14.4. The van der Waals surface area contributed by atoms with Crippen LogP contribution < -0.4 is 14.2 Å². The van der Waals surface area contributed by atoms with Gasteiger partial charge in [0.25, 0.3) is 26.0 Å². The number of sulfonamides is 2. The molecule has 2 N–H and O–H groups in total. The van der Waals surface area contributed by atoms with Crippen LogP contribution in [0.3, 0.4) is 0 Å². The second-order valence-corrected chi connectivity index (χ2v) is 12.3. The molecule has 3 aromatic rings. The molecule has 1 heterocycles. The maximum atomic E-state index is 13.1. The van der Waals surface area contributed by atoms with Crippen LogP contribution in [0.15, 0.2) is 70.5 Å². The van der Waals surface area contributed by atoms with Crippen molar-refractivity contribution < 1.29 is 26.4 Å². The Bertz CT molecular complexity index is 1540. The molecule has 37 heavy (non-hydrogen) atoms. The van der Waals surface area contributed by atoms with E-state index in [4.69, 9.17) is 16.3 Å². The highest BCUT2D eigenvalue weighted by Gasteiger charge is 2.25. The number of ether oxygens (including phenoxy) is 1. The Morgan fingerprint density at radius 3 is 2.16 bits per heavy atom. The third-order valence-corrected chi connectivity index (χ3v) is 9.20. The molecule has 196 valence electrons. The Hall–Kier alpha value is -3.28. The summed E-state index contributed by atoms with van der Waals surface area (Å²) >= 11 is 6.07. The number of halogens is 1. The van der Waals surface area contributed by atoms with Crippen molar-refractivity contribution in [2.24, 2.45) is 0 Å². The van der Waals surface area contributed by atoms with Gasteiger partial charge in [0.1, 0.15) is 5.75 Å². The van der Waals surface area contributed by atoms with E-state index >= 15 is 0 Å². The molecule has 1 amide bonds. The highest BCUT2D eigenvalue weighted by Crippen LogP contribution is 2.28. The lowest BCUT2D eigenvalue weighted by Crippen LogP contribution is -2.28.